The Morgan fingerprint density at radius 1 is 0.500 bits per heavy atom. The minimum atomic E-state index is -1.13. The number of rotatable bonds is 45. The highest BCUT2D eigenvalue weighted by Crippen LogP contribution is 2.15. The van der Waals surface area contributed by atoms with Crippen LogP contribution in [0.3, 0.4) is 0 Å². The van der Waals surface area contributed by atoms with Crippen LogP contribution in [0.1, 0.15) is 213 Å². The number of allylic oxidation sites excluding steroid dienone is 10. The molecule has 0 fully saturated rings. The third-order valence-corrected chi connectivity index (χ3v) is 11.1. The number of likely N-dealkylation sites (N-methyl/N-ethyl adjacent to an activating group) is 1. The van der Waals surface area contributed by atoms with Crippen molar-refractivity contribution < 1.29 is 38.2 Å². The van der Waals surface area contributed by atoms with Crippen molar-refractivity contribution in [3.63, 3.8) is 0 Å². The maximum absolute atomic E-state index is 12.8. The highest BCUT2D eigenvalue weighted by molar-refractivity contribution is 5.70. The number of carbonyl (C=O) groups excluding carboxylic acids is 3. The van der Waals surface area contributed by atoms with Gasteiger partial charge in [-0.05, 0) is 77.0 Å². The average molecular weight is 870 g/mol. The first-order valence-corrected chi connectivity index (χ1v) is 25.3. The van der Waals surface area contributed by atoms with Gasteiger partial charge in [0.1, 0.15) is 12.6 Å². The molecular weight excluding hydrogens is 775 g/mol. The molecule has 0 aliphatic carbocycles. The monoisotopic (exact) mass is 870 g/mol. The lowest BCUT2D eigenvalue weighted by molar-refractivity contribution is -0.889. The first-order valence-electron chi connectivity index (χ1n) is 25.3. The summed E-state index contributed by atoms with van der Waals surface area (Å²) in [6, 6.07) is -0.730. The molecule has 0 aromatic carbocycles. The number of quaternary nitrogens is 1. The number of aliphatic carboxylic acids is 1. The summed E-state index contributed by atoms with van der Waals surface area (Å²) in [5.74, 6) is -1.75. The van der Waals surface area contributed by atoms with E-state index in [4.69, 9.17) is 14.2 Å². The van der Waals surface area contributed by atoms with Gasteiger partial charge in [0.05, 0.1) is 40.3 Å². The minimum absolute atomic E-state index is 0.0346. The number of ether oxygens (including phenoxy) is 3. The van der Waals surface area contributed by atoms with Crippen molar-refractivity contribution in [3.05, 3.63) is 60.8 Å². The van der Waals surface area contributed by atoms with E-state index in [0.717, 1.165) is 83.5 Å². The van der Waals surface area contributed by atoms with Gasteiger partial charge in [-0.1, -0.05) is 177 Å². The van der Waals surface area contributed by atoms with Gasteiger partial charge < -0.3 is 28.6 Å². The molecule has 0 amide bonds. The van der Waals surface area contributed by atoms with Crippen LogP contribution >= 0.6 is 0 Å². The van der Waals surface area contributed by atoms with Crippen LogP contribution in [0.4, 0.5) is 0 Å². The largest absolute Gasteiger partial charge is 0.544 e. The van der Waals surface area contributed by atoms with E-state index >= 15 is 0 Å². The van der Waals surface area contributed by atoms with Crippen LogP contribution in [0.15, 0.2) is 60.8 Å². The van der Waals surface area contributed by atoms with Crippen molar-refractivity contribution in [3.8, 4) is 0 Å². The fourth-order valence-corrected chi connectivity index (χ4v) is 7.23. The summed E-state index contributed by atoms with van der Waals surface area (Å²) in [5.41, 5.74) is 0. The van der Waals surface area contributed by atoms with E-state index in [1.807, 2.05) is 0 Å². The van der Waals surface area contributed by atoms with Gasteiger partial charge in [-0.15, -0.1) is 0 Å². The quantitative estimate of drug-likeness (QED) is 0.0260. The van der Waals surface area contributed by atoms with Gasteiger partial charge in [0.15, 0.2) is 6.10 Å². The SMILES string of the molecule is CC/C=C/C/C=C/C/C=C/C/C=C/CCCCCCCCCCCC(=O)OCC(COCCC(C(=O)[O-])[N+](C)(C)C)OC(=O)CCCCCCC/C=C/CCCCCCCCC. The smallest absolute Gasteiger partial charge is 0.306 e. The standard InChI is InChI=1S/C54H95NO7/c1-6-8-10-12-14-16-18-20-22-24-25-26-27-28-29-31-32-34-36-38-40-42-44-52(56)61-49-50(48-60-47-46-51(54(58)59)55(3,4)5)62-53(57)45-43-41-39-37-35-33-30-23-21-19-17-15-13-11-9-7-2/h8,10,14,16,20,22-23,25-26,30,50-51H,6-7,9,11-13,15,17-19,21,24,27-29,31-49H2,1-5H3/b10-8+,16-14+,22-20+,26-25+,30-23+. The Labute approximate surface area is 381 Å². The number of unbranched alkanes of at least 4 members (excludes halogenated alkanes) is 21. The second-order valence-electron chi connectivity index (χ2n) is 18.0. The Kier molecular flexibility index (Phi) is 42.5. The fraction of sp³-hybridized carbons (Fsp3) is 0.759. The van der Waals surface area contributed by atoms with Crippen molar-refractivity contribution in [2.45, 2.75) is 225 Å². The van der Waals surface area contributed by atoms with E-state index in [2.05, 4.69) is 74.6 Å². The summed E-state index contributed by atoms with van der Waals surface area (Å²) in [6.07, 6.45) is 55.3. The molecule has 2 unspecified atom stereocenters. The zero-order chi connectivity index (χ0) is 45.6. The predicted octanol–water partition coefficient (Wildman–Crippen LogP) is 13.2. The number of carboxylic acids is 1. The number of nitrogens with zero attached hydrogens (tertiary/aromatic N) is 1. The molecule has 8 nitrogen and oxygen atoms in total. The van der Waals surface area contributed by atoms with Crippen molar-refractivity contribution in [1.29, 1.82) is 0 Å². The second-order valence-corrected chi connectivity index (χ2v) is 18.0. The minimum Gasteiger partial charge on any atom is -0.544 e. The molecule has 0 radical (unpaired) electrons. The summed E-state index contributed by atoms with van der Waals surface area (Å²) in [4.78, 5) is 37.0. The summed E-state index contributed by atoms with van der Waals surface area (Å²) >= 11 is 0. The van der Waals surface area contributed by atoms with Crippen LogP contribution in [-0.4, -0.2) is 75.5 Å². The van der Waals surface area contributed by atoms with Gasteiger partial charge >= 0.3 is 11.9 Å². The third-order valence-electron chi connectivity index (χ3n) is 11.1. The number of hydrogen-bond donors (Lipinski definition) is 0. The van der Waals surface area contributed by atoms with Gasteiger partial charge in [0.25, 0.3) is 0 Å². The van der Waals surface area contributed by atoms with Crippen molar-refractivity contribution in [2.75, 3.05) is 41.0 Å². The van der Waals surface area contributed by atoms with Crippen LogP contribution in [-0.2, 0) is 28.6 Å². The predicted molar refractivity (Wildman–Crippen MR) is 259 cm³/mol. The lowest BCUT2D eigenvalue weighted by atomic mass is 10.1. The lowest BCUT2D eigenvalue weighted by Gasteiger charge is -2.34. The van der Waals surface area contributed by atoms with Crippen molar-refractivity contribution in [2.24, 2.45) is 0 Å². The maximum atomic E-state index is 12.8. The molecule has 0 saturated heterocycles. The molecule has 0 N–H and O–H groups in total. The zero-order valence-electron chi connectivity index (χ0n) is 40.8. The second kappa shape index (κ2) is 44.6. The van der Waals surface area contributed by atoms with Crippen LogP contribution in [0.5, 0.6) is 0 Å². The van der Waals surface area contributed by atoms with Gasteiger partial charge in [-0.2, -0.15) is 0 Å². The first kappa shape index (κ1) is 59.0. The Hall–Kier alpha value is -2.97. The first-order chi connectivity index (χ1) is 30.1. The van der Waals surface area contributed by atoms with Gasteiger partial charge in [0, 0.05) is 19.3 Å². The molecule has 0 aliphatic heterocycles. The van der Waals surface area contributed by atoms with Crippen LogP contribution in [0.2, 0.25) is 0 Å². The normalized spacial score (nSPS) is 13.4. The molecule has 358 valence electrons. The van der Waals surface area contributed by atoms with E-state index in [1.165, 1.54) is 96.3 Å². The molecule has 0 aromatic heterocycles. The van der Waals surface area contributed by atoms with E-state index < -0.39 is 18.1 Å². The van der Waals surface area contributed by atoms with E-state index in [0.29, 0.717) is 12.8 Å². The van der Waals surface area contributed by atoms with Crippen LogP contribution in [0, 0.1) is 0 Å². The van der Waals surface area contributed by atoms with Crippen LogP contribution < -0.4 is 5.11 Å². The summed E-state index contributed by atoms with van der Waals surface area (Å²) in [6.45, 7) is 4.54. The lowest BCUT2D eigenvalue weighted by Crippen LogP contribution is -2.55. The average Bonchev–Trinajstić information content (AvgIpc) is 3.23. The highest BCUT2D eigenvalue weighted by atomic mass is 16.6. The van der Waals surface area contributed by atoms with Crippen molar-refractivity contribution in [1.82, 2.24) is 0 Å². The third kappa shape index (κ3) is 42.3. The summed E-state index contributed by atoms with van der Waals surface area (Å²) in [7, 11) is 5.41. The zero-order valence-corrected chi connectivity index (χ0v) is 40.8. The molecule has 0 aliphatic rings. The molecule has 8 heteroatoms. The Bertz CT molecular complexity index is 1200. The molecule has 0 heterocycles. The van der Waals surface area contributed by atoms with E-state index in [9.17, 15) is 19.5 Å². The maximum Gasteiger partial charge on any atom is 0.306 e. The number of carbonyl (C=O) groups is 3. The number of carboxylic acid groups (broad SMARTS) is 1. The topological polar surface area (TPSA) is 102 Å². The van der Waals surface area contributed by atoms with E-state index in [1.54, 1.807) is 21.1 Å². The molecule has 0 aromatic rings. The number of esters is 2. The molecule has 0 saturated carbocycles. The van der Waals surface area contributed by atoms with Crippen LogP contribution in [0.25, 0.3) is 0 Å². The van der Waals surface area contributed by atoms with E-state index in [-0.39, 0.29) is 42.7 Å². The summed E-state index contributed by atoms with van der Waals surface area (Å²) in [5, 5.41) is 11.7. The molecule has 0 bridgehead atoms. The molecule has 2 atom stereocenters. The van der Waals surface area contributed by atoms with Gasteiger partial charge in [0.2, 0.25) is 0 Å². The highest BCUT2D eigenvalue weighted by Gasteiger charge is 2.25. The molecular formula is C54H95NO7. The van der Waals surface area contributed by atoms with Gasteiger partial charge in [-0.25, -0.2) is 0 Å². The Balaban J connectivity index is 4.26. The molecule has 0 spiro atoms. The Morgan fingerprint density at radius 3 is 1.35 bits per heavy atom. The summed E-state index contributed by atoms with van der Waals surface area (Å²) < 4.78 is 17.2. The molecule has 62 heavy (non-hydrogen) atoms. The molecule has 0 rings (SSSR count). The number of hydrogen-bond acceptors (Lipinski definition) is 7. The van der Waals surface area contributed by atoms with Gasteiger partial charge in [-0.3, -0.25) is 9.59 Å². The Morgan fingerprint density at radius 2 is 0.903 bits per heavy atom. The fourth-order valence-electron chi connectivity index (χ4n) is 7.23. The van der Waals surface area contributed by atoms with Crippen molar-refractivity contribution >= 4 is 17.9 Å².